The molecule has 0 aromatic heterocycles. The van der Waals surface area contributed by atoms with E-state index >= 15 is 0 Å². The van der Waals surface area contributed by atoms with Gasteiger partial charge in [0.15, 0.2) is 0 Å². The van der Waals surface area contributed by atoms with E-state index in [-0.39, 0.29) is 12.7 Å². The number of hydrogen-bond acceptors (Lipinski definition) is 3. The SMILES string of the molecule is CCCCCCC(CCCCCC)CCCCCCCCCCCOCC(CO)OC. The van der Waals surface area contributed by atoms with E-state index in [1.807, 2.05) is 0 Å². The van der Waals surface area contributed by atoms with E-state index in [1.165, 1.54) is 122 Å². The molecule has 0 radical (unpaired) electrons. The topological polar surface area (TPSA) is 38.7 Å². The van der Waals surface area contributed by atoms with E-state index in [4.69, 9.17) is 14.6 Å². The van der Waals surface area contributed by atoms with Gasteiger partial charge < -0.3 is 14.6 Å². The standard InChI is InChI=1S/C28H58O3/c1-4-6-8-17-21-27(22-18-9-7-5-2)23-19-15-13-11-10-12-14-16-20-24-31-26-28(25-29)30-3/h27-29H,4-26H2,1-3H3. The summed E-state index contributed by atoms with van der Waals surface area (Å²) in [6.45, 7) is 5.96. The van der Waals surface area contributed by atoms with Gasteiger partial charge in [-0.2, -0.15) is 0 Å². The zero-order valence-corrected chi connectivity index (χ0v) is 21.7. The van der Waals surface area contributed by atoms with Gasteiger partial charge in [-0.1, -0.05) is 136 Å². The van der Waals surface area contributed by atoms with Crippen molar-refractivity contribution >= 4 is 0 Å². The Kier molecular flexibility index (Phi) is 26.0. The summed E-state index contributed by atoms with van der Waals surface area (Å²) in [4.78, 5) is 0. The molecule has 0 aromatic carbocycles. The molecule has 188 valence electrons. The van der Waals surface area contributed by atoms with Gasteiger partial charge in [0.2, 0.25) is 0 Å². The summed E-state index contributed by atoms with van der Waals surface area (Å²) in [6, 6.07) is 0. The van der Waals surface area contributed by atoms with Crippen LogP contribution in [0.4, 0.5) is 0 Å². The fraction of sp³-hybridized carbons (Fsp3) is 1.00. The molecule has 31 heavy (non-hydrogen) atoms. The Morgan fingerprint density at radius 3 is 1.42 bits per heavy atom. The van der Waals surface area contributed by atoms with Crippen LogP contribution in [0, 0.1) is 5.92 Å². The van der Waals surface area contributed by atoms with Gasteiger partial charge in [0.05, 0.1) is 13.2 Å². The van der Waals surface area contributed by atoms with Crippen LogP contribution >= 0.6 is 0 Å². The number of aliphatic hydroxyl groups is 1. The molecule has 0 fully saturated rings. The molecule has 1 atom stereocenters. The van der Waals surface area contributed by atoms with E-state index in [0.717, 1.165) is 18.9 Å². The lowest BCUT2D eigenvalue weighted by Crippen LogP contribution is -2.22. The number of aliphatic hydroxyl groups excluding tert-OH is 1. The zero-order valence-electron chi connectivity index (χ0n) is 21.7. The summed E-state index contributed by atoms with van der Waals surface area (Å²) >= 11 is 0. The minimum Gasteiger partial charge on any atom is -0.394 e. The van der Waals surface area contributed by atoms with Gasteiger partial charge in [-0.05, 0) is 12.3 Å². The Morgan fingerprint density at radius 1 is 0.581 bits per heavy atom. The molecule has 0 rings (SSSR count). The molecule has 0 heterocycles. The Morgan fingerprint density at radius 2 is 1.00 bits per heavy atom. The van der Waals surface area contributed by atoms with Gasteiger partial charge in [-0.3, -0.25) is 0 Å². The van der Waals surface area contributed by atoms with E-state index in [2.05, 4.69) is 13.8 Å². The van der Waals surface area contributed by atoms with Crippen LogP contribution < -0.4 is 0 Å². The number of methoxy groups -OCH3 is 1. The lowest BCUT2D eigenvalue weighted by molar-refractivity contribution is -0.0205. The number of unbranched alkanes of at least 4 members (excludes halogenated alkanes) is 14. The monoisotopic (exact) mass is 442 g/mol. The molecule has 0 saturated heterocycles. The van der Waals surface area contributed by atoms with Crippen molar-refractivity contribution in [3.63, 3.8) is 0 Å². The first-order valence-electron chi connectivity index (χ1n) is 14.0. The van der Waals surface area contributed by atoms with Crippen molar-refractivity contribution < 1.29 is 14.6 Å². The molecule has 0 aromatic rings. The largest absolute Gasteiger partial charge is 0.394 e. The van der Waals surface area contributed by atoms with Crippen LogP contribution in [0.3, 0.4) is 0 Å². The first kappa shape index (κ1) is 30.9. The van der Waals surface area contributed by atoms with Gasteiger partial charge in [-0.15, -0.1) is 0 Å². The lowest BCUT2D eigenvalue weighted by Gasteiger charge is -2.17. The van der Waals surface area contributed by atoms with Crippen molar-refractivity contribution in [2.75, 3.05) is 26.9 Å². The zero-order chi connectivity index (χ0) is 22.8. The third kappa shape index (κ3) is 22.9. The predicted molar refractivity (Wildman–Crippen MR) is 136 cm³/mol. The molecule has 0 bridgehead atoms. The average Bonchev–Trinajstić information content (AvgIpc) is 2.79. The van der Waals surface area contributed by atoms with Gasteiger partial charge in [0.25, 0.3) is 0 Å². The van der Waals surface area contributed by atoms with Crippen molar-refractivity contribution in [3.8, 4) is 0 Å². The number of rotatable bonds is 26. The van der Waals surface area contributed by atoms with Gasteiger partial charge in [-0.25, -0.2) is 0 Å². The first-order valence-corrected chi connectivity index (χ1v) is 14.0. The molecular formula is C28H58O3. The highest BCUT2D eigenvalue weighted by atomic mass is 16.5. The highest BCUT2D eigenvalue weighted by molar-refractivity contribution is 4.62. The maximum Gasteiger partial charge on any atom is 0.103 e. The quantitative estimate of drug-likeness (QED) is 0.136. The van der Waals surface area contributed by atoms with Crippen LogP contribution in [0.2, 0.25) is 0 Å². The summed E-state index contributed by atoms with van der Waals surface area (Å²) in [6.07, 6.45) is 27.9. The van der Waals surface area contributed by atoms with Crippen LogP contribution in [0.25, 0.3) is 0 Å². The Hall–Kier alpha value is -0.120. The van der Waals surface area contributed by atoms with Crippen LogP contribution in [-0.2, 0) is 9.47 Å². The maximum atomic E-state index is 9.03. The third-order valence-corrected chi connectivity index (χ3v) is 6.67. The molecule has 0 aliphatic rings. The normalized spacial score (nSPS) is 12.7. The molecule has 0 aliphatic heterocycles. The minimum atomic E-state index is -0.169. The molecule has 3 heteroatoms. The lowest BCUT2D eigenvalue weighted by atomic mass is 9.89. The molecule has 0 saturated carbocycles. The Bertz CT molecular complexity index is 305. The molecule has 1 N–H and O–H groups in total. The highest BCUT2D eigenvalue weighted by Gasteiger charge is 2.08. The van der Waals surface area contributed by atoms with Gasteiger partial charge >= 0.3 is 0 Å². The Labute approximate surface area is 196 Å². The molecule has 0 aliphatic carbocycles. The second-order valence-corrected chi connectivity index (χ2v) is 9.65. The number of hydrogen-bond donors (Lipinski definition) is 1. The van der Waals surface area contributed by atoms with Crippen molar-refractivity contribution in [1.29, 1.82) is 0 Å². The number of ether oxygens (including phenoxy) is 2. The van der Waals surface area contributed by atoms with Gasteiger partial charge in [0.1, 0.15) is 6.10 Å². The summed E-state index contributed by atoms with van der Waals surface area (Å²) in [7, 11) is 1.62. The van der Waals surface area contributed by atoms with Crippen molar-refractivity contribution in [2.24, 2.45) is 5.92 Å². The van der Waals surface area contributed by atoms with E-state index < -0.39 is 0 Å². The summed E-state index contributed by atoms with van der Waals surface area (Å²) < 4.78 is 10.6. The first-order chi connectivity index (χ1) is 15.3. The molecule has 1 unspecified atom stereocenters. The van der Waals surface area contributed by atoms with Crippen molar-refractivity contribution in [2.45, 2.75) is 148 Å². The maximum absolute atomic E-state index is 9.03. The van der Waals surface area contributed by atoms with Crippen LogP contribution in [0.15, 0.2) is 0 Å². The molecule has 0 spiro atoms. The summed E-state index contributed by atoms with van der Waals surface area (Å²) in [5, 5.41) is 9.03. The molecular weight excluding hydrogens is 384 g/mol. The summed E-state index contributed by atoms with van der Waals surface area (Å²) in [5.41, 5.74) is 0. The van der Waals surface area contributed by atoms with Crippen LogP contribution in [0.5, 0.6) is 0 Å². The second-order valence-electron chi connectivity index (χ2n) is 9.65. The average molecular weight is 443 g/mol. The van der Waals surface area contributed by atoms with Crippen LogP contribution in [-0.4, -0.2) is 38.1 Å². The van der Waals surface area contributed by atoms with Crippen molar-refractivity contribution in [3.05, 3.63) is 0 Å². The van der Waals surface area contributed by atoms with E-state index in [0.29, 0.717) is 6.61 Å². The van der Waals surface area contributed by atoms with E-state index in [9.17, 15) is 0 Å². The highest BCUT2D eigenvalue weighted by Crippen LogP contribution is 2.24. The van der Waals surface area contributed by atoms with E-state index in [1.54, 1.807) is 7.11 Å². The van der Waals surface area contributed by atoms with Gasteiger partial charge in [0, 0.05) is 13.7 Å². The van der Waals surface area contributed by atoms with Crippen LogP contribution in [0.1, 0.15) is 142 Å². The fourth-order valence-electron chi connectivity index (χ4n) is 4.44. The molecule has 0 amide bonds. The minimum absolute atomic E-state index is 0.0368. The Balaban J connectivity index is 3.53. The summed E-state index contributed by atoms with van der Waals surface area (Å²) in [5.74, 6) is 1.01. The van der Waals surface area contributed by atoms with Crippen molar-refractivity contribution in [1.82, 2.24) is 0 Å². The third-order valence-electron chi connectivity index (χ3n) is 6.67. The fourth-order valence-corrected chi connectivity index (χ4v) is 4.44. The predicted octanol–water partition coefficient (Wildman–Crippen LogP) is 8.47. The smallest absolute Gasteiger partial charge is 0.103 e. The second kappa shape index (κ2) is 26.1. The molecule has 3 nitrogen and oxygen atoms in total.